The number of hydrogen-bond donors (Lipinski definition) is 1. The Hall–Kier alpha value is -4.14. The molecule has 3 heterocycles. The van der Waals surface area contributed by atoms with Gasteiger partial charge in [-0.25, -0.2) is 4.98 Å². The number of rotatable bonds is 5. The molecule has 9 heteroatoms. The summed E-state index contributed by atoms with van der Waals surface area (Å²) < 4.78 is 12.1. The standard InChI is InChI=1S/C20H16N4O5/c1-12-9-13(16-11-21-18-10-14(28-2)7-8-23(16)18)3-4-15(12)22-20(25)17-5-6-19(29-17)24(26)27/h3-11H,1-2H3,(H,22,25). The monoisotopic (exact) mass is 392 g/mol. The van der Waals surface area contributed by atoms with Crippen LogP contribution < -0.4 is 10.1 Å². The Kier molecular flexibility index (Phi) is 4.47. The molecule has 29 heavy (non-hydrogen) atoms. The van der Waals surface area contributed by atoms with Crippen LogP contribution in [0.1, 0.15) is 16.1 Å². The molecule has 1 aromatic carbocycles. The number of pyridine rings is 1. The zero-order valence-corrected chi connectivity index (χ0v) is 15.6. The van der Waals surface area contributed by atoms with Gasteiger partial charge in [-0.15, -0.1) is 0 Å². The van der Waals surface area contributed by atoms with Crippen molar-refractivity contribution in [3.05, 3.63) is 76.3 Å². The van der Waals surface area contributed by atoms with Crippen LogP contribution in [-0.2, 0) is 0 Å². The molecule has 1 N–H and O–H groups in total. The highest BCUT2D eigenvalue weighted by atomic mass is 16.6. The number of nitrogens with one attached hydrogen (secondary N) is 1. The number of hydrogen-bond acceptors (Lipinski definition) is 6. The third-order valence-corrected chi connectivity index (χ3v) is 4.49. The zero-order chi connectivity index (χ0) is 20.5. The summed E-state index contributed by atoms with van der Waals surface area (Å²) >= 11 is 0. The molecule has 0 aliphatic carbocycles. The van der Waals surface area contributed by atoms with Crippen molar-refractivity contribution in [2.75, 3.05) is 12.4 Å². The SMILES string of the molecule is COc1ccn2c(-c3ccc(NC(=O)c4ccc([N+](=O)[O-])o4)c(C)c3)cnc2c1. The van der Waals surface area contributed by atoms with Crippen LogP contribution in [0.2, 0.25) is 0 Å². The lowest BCUT2D eigenvalue weighted by atomic mass is 10.1. The first kappa shape index (κ1) is 18.2. The molecule has 0 saturated heterocycles. The van der Waals surface area contributed by atoms with Crippen LogP contribution in [0.3, 0.4) is 0 Å². The molecule has 0 radical (unpaired) electrons. The van der Waals surface area contributed by atoms with Crippen LogP contribution in [-0.4, -0.2) is 27.3 Å². The van der Waals surface area contributed by atoms with E-state index in [2.05, 4.69) is 10.3 Å². The topological polar surface area (TPSA) is 112 Å². The van der Waals surface area contributed by atoms with Crippen molar-refractivity contribution >= 4 is 23.1 Å². The van der Waals surface area contributed by atoms with Gasteiger partial charge in [-0.3, -0.25) is 19.3 Å². The van der Waals surface area contributed by atoms with Gasteiger partial charge in [0.15, 0.2) is 5.76 Å². The molecule has 146 valence electrons. The maximum Gasteiger partial charge on any atom is 0.433 e. The van der Waals surface area contributed by atoms with E-state index in [1.165, 1.54) is 6.07 Å². The van der Waals surface area contributed by atoms with Crippen LogP contribution in [0, 0.1) is 17.0 Å². The fourth-order valence-corrected chi connectivity index (χ4v) is 3.00. The van der Waals surface area contributed by atoms with E-state index in [0.717, 1.165) is 34.3 Å². The molecule has 1 amide bonds. The number of carbonyl (C=O) groups excluding carboxylic acids is 1. The first-order valence-electron chi connectivity index (χ1n) is 8.64. The van der Waals surface area contributed by atoms with E-state index in [9.17, 15) is 14.9 Å². The Morgan fingerprint density at radius 2 is 2.07 bits per heavy atom. The summed E-state index contributed by atoms with van der Waals surface area (Å²) in [5.41, 5.74) is 3.97. The summed E-state index contributed by atoms with van der Waals surface area (Å²) in [5, 5.41) is 13.4. The average molecular weight is 392 g/mol. The first-order chi connectivity index (χ1) is 14.0. The molecule has 0 atom stereocenters. The van der Waals surface area contributed by atoms with Crippen molar-refractivity contribution in [3.8, 4) is 17.0 Å². The third kappa shape index (κ3) is 3.41. The second kappa shape index (κ2) is 7.12. The molecule has 0 aliphatic rings. The highest BCUT2D eigenvalue weighted by molar-refractivity contribution is 6.03. The van der Waals surface area contributed by atoms with Gasteiger partial charge in [-0.1, -0.05) is 6.07 Å². The van der Waals surface area contributed by atoms with Crippen molar-refractivity contribution in [2.45, 2.75) is 6.92 Å². The molecule has 4 aromatic rings. The van der Waals surface area contributed by atoms with Crippen molar-refractivity contribution in [3.63, 3.8) is 0 Å². The number of imidazole rings is 1. The average Bonchev–Trinajstić information content (AvgIpc) is 3.36. The second-order valence-electron chi connectivity index (χ2n) is 6.32. The van der Waals surface area contributed by atoms with Crippen LogP contribution >= 0.6 is 0 Å². The Morgan fingerprint density at radius 1 is 1.24 bits per heavy atom. The molecule has 0 bridgehead atoms. The number of anilines is 1. The summed E-state index contributed by atoms with van der Waals surface area (Å²) in [7, 11) is 1.60. The number of carbonyl (C=O) groups is 1. The number of nitro groups is 1. The van der Waals surface area contributed by atoms with Crippen LogP contribution in [0.15, 0.2) is 59.3 Å². The van der Waals surface area contributed by atoms with E-state index in [4.69, 9.17) is 9.15 Å². The lowest BCUT2D eigenvalue weighted by Gasteiger charge is -2.10. The summed E-state index contributed by atoms with van der Waals surface area (Å²) in [6, 6.07) is 11.7. The molecule has 0 saturated carbocycles. The van der Waals surface area contributed by atoms with Crippen LogP contribution in [0.25, 0.3) is 16.9 Å². The summed E-state index contributed by atoms with van der Waals surface area (Å²) in [6.07, 6.45) is 3.65. The molecular formula is C20H16N4O5. The molecule has 0 fully saturated rings. The number of aryl methyl sites for hydroxylation is 1. The number of ether oxygens (including phenoxy) is 1. The van der Waals surface area contributed by atoms with Crippen molar-refractivity contribution in [1.29, 1.82) is 0 Å². The molecule has 4 rings (SSSR count). The van der Waals surface area contributed by atoms with Crippen molar-refractivity contribution in [1.82, 2.24) is 9.38 Å². The van der Waals surface area contributed by atoms with E-state index in [-0.39, 0.29) is 5.76 Å². The summed E-state index contributed by atoms with van der Waals surface area (Å²) in [5.74, 6) is -0.444. The van der Waals surface area contributed by atoms with Gasteiger partial charge >= 0.3 is 5.88 Å². The minimum atomic E-state index is -0.692. The number of aromatic nitrogens is 2. The normalized spacial score (nSPS) is 10.8. The van der Waals surface area contributed by atoms with Gasteiger partial charge in [0.1, 0.15) is 16.3 Å². The molecule has 0 aliphatic heterocycles. The Labute approximate surface area is 164 Å². The molecule has 0 spiro atoms. The maximum atomic E-state index is 12.3. The molecular weight excluding hydrogens is 376 g/mol. The van der Waals surface area contributed by atoms with Gasteiger partial charge in [-0.05, 0) is 36.8 Å². The quantitative estimate of drug-likeness (QED) is 0.405. The smallest absolute Gasteiger partial charge is 0.433 e. The zero-order valence-electron chi connectivity index (χ0n) is 15.6. The number of benzene rings is 1. The van der Waals surface area contributed by atoms with Gasteiger partial charge in [0.05, 0.1) is 25.1 Å². The number of methoxy groups -OCH3 is 1. The van der Waals surface area contributed by atoms with Crippen molar-refractivity contribution < 1.29 is 18.9 Å². The van der Waals surface area contributed by atoms with Crippen LogP contribution in [0.5, 0.6) is 5.75 Å². The Morgan fingerprint density at radius 3 is 2.76 bits per heavy atom. The highest BCUT2D eigenvalue weighted by Crippen LogP contribution is 2.27. The van der Waals surface area contributed by atoms with Gasteiger partial charge in [0.25, 0.3) is 5.91 Å². The lowest BCUT2D eigenvalue weighted by Crippen LogP contribution is -2.11. The fraction of sp³-hybridized carbons (Fsp3) is 0.100. The predicted octanol–water partition coefficient (Wildman–Crippen LogP) is 4.07. The predicted molar refractivity (Wildman–Crippen MR) is 105 cm³/mol. The Balaban J connectivity index is 1.59. The molecule has 0 unspecified atom stereocenters. The minimum Gasteiger partial charge on any atom is -0.497 e. The van der Waals surface area contributed by atoms with Crippen LogP contribution in [0.4, 0.5) is 11.6 Å². The Bertz CT molecular complexity index is 1240. The summed E-state index contributed by atoms with van der Waals surface area (Å²) in [4.78, 5) is 26.7. The lowest BCUT2D eigenvalue weighted by molar-refractivity contribution is -0.402. The highest BCUT2D eigenvalue weighted by Gasteiger charge is 2.18. The minimum absolute atomic E-state index is 0.129. The van der Waals surface area contributed by atoms with Gasteiger partial charge in [0.2, 0.25) is 0 Å². The molecule has 3 aromatic heterocycles. The van der Waals surface area contributed by atoms with Crippen molar-refractivity contribution in [2.24, 2.45) is 0 Å². The number of furan rings is 1. The number of nitrogens with zero attached hydrogens (tertiary/aromatic N) is 3. The fourth-order valence-electron chi connectivity index (χ4n) is 3.00. The van der Waals surface area contributed by atoms with E-state index >= 15 is 0 Å². The van der Waals surface area contributed by atoms with E-state index in [1.54, 1.807) is 19.4 Å². The number of fused-ring (bicyclic) bond motifs is 1. The largest absolute Gasteiger partial charge is 0.497 e. The third-order valence-electron chi connectivity index (χ3n) is 4.49. The van der Waals surface area contributed by atoms with Gasteiger partial charge in [0, 0.05) is 23.5 Å². The molecule has 9 nitrogen and oxygen atoms in total. The second-order valence-corrected chi connectivity index (χ2v) is 6.32. The number of amides is 1. The van der Waals surface area contributed by atoms with E-state index in [1.807, 2.05) is 41.8 Å². The van der Waals surface area contributed by atoms with Gasteiger partial charge in [-0.2, -0.15) is 0 Å². The van der Waals surface area contributed by atoms with Gasteiger partial charge < -0.3 is 14.5 Å². The first-order valence-corrected chi connectivity index (χ1v) is 8.64. The van der Waals surface area contributed by atoms with E-state index in [0.29, 0.717) is 5.69 Å². The summed E-state index contributed by atoms with van der Waals surface area (Å²) in [6.45, 7) is 1.86. The van der Waals surface area contributed by atoms with E-state index < -0.39 is 16.7 Å². The maximum absolute atomic E-state index is 12.3.